The number of anilines is 1. The monoisotopic (exact) mass is 361 g/mol. The Balaban J connectivity index is 1.51. The maximum absolute atomic E-state index is 12.1. The highest BCUT2D eigenvalue weighted by molar-refractivity contribution is 6.04. The van der Waals surface area contributed by atoms with Crippen molar-refractivity contribution in [2.75, 3.05) is 11.9 Å². The van der Waals surface area contributed by atoms with Gasteiger partial charge >= 0.3 is 5.97 Å². The summed E-state index contributed by atoms with van der Waals surface area (Å²) in [6.45, 7) is 1.76. The molecule has 0 aromatic heterocycles. The first kappa shape index (κ1) is 18.2. The van der Waals surface area contributed by atoms with Crippen molar-refractivity contribution in [3.8, 4) is 11.5 Å². The second-order valence-electron chi connectivity index (χ2n) is 5.92. The van der Waals surface area contributed by atoms with E-state index in [1.807, 2.05) is 31.2 Å². The van der Waals surface area contributed by atoms with Gasteiger partial charge in [0.25, 0.3) is 5.91 Å². The third-order valence-corrected chi connectivity index (χ3v) is 3.73. The normalized spacial score (nSPS) is 10.1. The van der Waals surface area contributed by atoms with Gasteiger partial charge in [0.15, 0.2) is 6.61 Å². The molecule has 0 aliphatic carbocycles. The molecule has 1 amide bonds. The largest absolute Gasteiger partial charge is 0.482 e. The topological polar surface area (TPSA) is 64.6 Å². The van der Waals surface area contributed by atoms with Crippen LogP contribution in [-0.4, -0.2) is 18.5 Å². The van der Waals surface area contributed by atoms with Crippen LogP contribution in [0.5, 0.6) is 11.5 Å². The molecule has 5 nitrogen and oxygen atoms in total. The summed E-state index contributed by atoms with van der Waals surface area (Å²) in [4.78, 5) is 24.0. The third kappa shape index (κ3) is 5.44. The van der Waals surface area contributed by atoms with Gasteiger partial charge < -0.3 is 14.8 Å². The van der Waals surface area contributed by atoms with Crippen LogP contribution in [0.25, 0.3) is 0 Å². The van der Waals surface area contributed by atoms with Gasteiger partial charge in [-0.3, -0.25) is 4.79 Å². The molecule has 0 heterocycles. The summed E-state index contributed by atoms with van der Waals surface area (Å²) in [5.41, 5.74) is 2.23. The van der Waals surface area contributed by atoms with Crippen LogP contribution in [0.2, 0.25) is 0 Å². The highest BCUT2D eigenvalue weighted by atomic mass is 16.6. The smallest absolute Gasteiger partial charge is 0.349 e. The van der Waals surface area contributed by atoms with Crippen LogP contribution in [0, 0.1) is 6.92 Å². The minimum absolute atomic E-state index is 0.185. The molecule has 136 valence electrons. The minimum Gasteiger partial charge on any atom is -0.482 e. The number of benzene rings is 3. The van der Waals surface area contributed by atoms with Crippen molar-refractivity contribution in [1.82, 2.24) is 0 Å². The van der Waals surface area contributed by atoms with Crippen LogP contribution in [0.1, 0.15) is 15.9 Å². The fourth-order valence-electron chi connectivity index (χ4n) is 2.41. The number of hydrogen-bond acceptors (Lipinski definition) is 4. The lowest BCUT2D eigenvalue weighted by Gasteiger charge is -2.09. The summed E-state index contributed by atoms with van der Waals surface area (Å²) < 4.78 is 10.6. The molecule has 0 spiro atoms. The van der Waals surface area contributed by atoms with Gasteiger partial charge in [-0.25, -0.2) is 4.79 Å². The summed E-state index contributed by atoms with van der Waals surface area (Å²) in [5, 5.41) is 2.79. The van der Waals surface area contributed by atoms with Gasteiger partial charge in [-0.05, 0) is 61.0 Å². The average Bonchev–Trinajstić information content (AvgIpc) is 2.69. The summed E-state index contributed by atoms with van der Waals surface area (Å²) in [6.07, 6.45) is 0. The number of carbonyl (C=O) groups is 2. The van der Waals surface area contributed by atoms with Gasteiger partial charge in [0.1, 0.15) is 11.5 Å². The Morgan fingerprint density at radius 3 is 2.30 bits per heavy atom. The number of hydrogen-bond donors (Lipinski definition) is 1. The zero-order chi connectivity index (χ0) is 19.1. The molecule has 1 N–H and O–H groups in total. The molecule has 3 aromatic rings. The van der Waals surface area contributed by atoms with E-state index in [1.165, 1.54) is 0 Å². The van der Waals surface area contributed by atoms with Gasteiger partial charge in [0, 0.05) is 11.3 Å². The van der Waals surface area contributed by atoms with Crippen LogP contribution in [0.4, 0.5) is 5.69 Å². The van der Waals surface area contributed by atoms with E-state index in [2.05, 4.69) is 5.32 Å². The SMILES string of the molecule is Cc1cccc(OCC(=O)Oc2ccc(NC(=O)c3ccccc3)cc2)c1. The van der Waals surface area contributed by atoms with E-state index in [9.17, 15) is 9.59 Å². The number of esters is 1. The maximum atomic E-state index is 12.1. The second kappa shape index (κ2) is 8.67. The number of ether oxygens (including phenoxy) is 2. The van der Waals surface area contributed by atoms with Crippen LogP contribution in [-0.2, 0) is 4.79 Å². The molecule has 0 fully saturated rings. The molecule has 0 bridgehead atoms. The molecule has 0 radical (unpaired) electrons. The lowest BCUT2D eigenvalue weighted by Crippen LogP contribution is -2.17. The summed E-state index contributed by atoms with van der Waals surface area (Å²) in [7, 11) is 0. The fraction of sp³-hybridized carbons (Fsp3) is 0.0909. The number of aryl methyl sites for hydroxylation is 1. The predicted octanol–water partition coefficient (Wildman–Crippen LogP) is 4.23. The van der Waals surface area contributed by atoms with Crippen molar-refractivity contribution >= 4 is 17.6 Å². The molecule has 0 saturated carbocycles. The highest BCUT2D eigenvalue weighted by Gasteiger charge is 2.08. The first-order valence-corrected chi connectivity index (χ1v) is 8.47. The third-order valence-electron chi connectivity index (χ3n) is 3.73. The molecule has 0 atom stereocenters. The Bertz CT molecular complexity index is 921. The standard InChI is InChI=1S/C22H19NO4/c1-16-6-5-9-20(14-16)26-15-21(24)27-19-12-10-18(11-13-19)23-22(25)17-7-3-2-4-8-17/h2-14H,15H2,1H3,(H,23,25). The molecule has 3 rings (SSSR count). The van der Waals surface area contributed by atoms with Gasteiger partial charge in [-0.1, -0.05) is 30.3 Å². The van der Waals surface area contributed by atoms with E-state index in [1.54, 1.807) is 54.6 Å². The fourth-order valence-corrected chi connectivity index (χ4v) is 2.41. The average molecular weight is 361 g/mol. The van der Waals surface area contributed by atoms with E-state index in [0.717, 1.165) is 5.56 Å². The zero-order valence-corrected chi connectivity index (χ0v) is 14.8. The van der Waals surface area contributed by atoms with Crippen LogP contribution in [0.15, 0.2) is 78.9 Å². The first-order chi connectivity index (χ1) is 13.1. The van der Waals surface area contributed by atoms with Crippen LogP contribution in [0.3, 0.4) is 0 Å². The van der Waals surface area contributed by atoms with Crippen molar-refractivity contribution in [3.05, 3.63) is 90.0 Å². The van der Waals surface area contributed by atoms with Crippen molar-refractivity contribution in [1.29, 1.82) is 0 Å². The first-order valence-electron chi connectivity index (χ1n) is 8.47. The van der Waals surface area contributed by atoms with Gasteiger partial charge in [0.2, 0.25) is 0 Å². The summed E-state index contributed by atoms with van der Waals surface area (Å²) in [5.74, 6) is 0.293. The van der Waals surface area contributed by atoms with E-state index >= 15 is 0 Å². The zero-order valence-electron chi connectivity index (χ0n) is 14.8. The lowest BCUT2D eigenvalue weighted by atomic mass is 10.2. The van der Waals surface area contributed by atoms with Crippen molar-refractivity contribution in [2.45, 2.75) is 6.92 Å². The Hall–Kier alpha value is -3.60. The van der Waals surface area contributed by atoms with Crippen molar-refractivity contribution in [2.24, 2.45) is 0 Å². The molecule has 5 heteroatoms. The molecule has 3 aromatic carbocycles. The number of nitrogens with one attached hydrogen (secondary N) is 1. The van der Waals surface area contributed by atoms with E-state index in [0.29, 0.717) is 22.7 Å². The number of rotatable bonds is 6. The predicted molar refractivity (Wildman–Crippen MR) is 103 cm³/mol. The summed E-state index contributed by atoms with van der Waals surface area (Å²) >= 11 is 0. The van der Waals surface area contributed by atoms with E-state index in [-0.39, 0.29) is 12.5 Å². The van der Waals surface area contributed by atoms with Gasteiger partial charge in [-0.15, -0.1) is 0 Å². The van der Waals surface area contributed by atoms with E-state index < -0.39 is 5.97 Å². The quantitative estimate of drug-likeness (QED) is 0.527. The molecule has 27 heavy (non-hydrogen) atoms. The minimum atomic E-state index is -0.502. The Kier molecular flexibility index (Phi) is 5.84. The van der Waals surface area contributed by atoms with Crippen molar-refractivity contribution < 1.29 is 19.1 Å². The Morgan fingerprint density at radius 2 is 1.59 bits per heavy atom. The van der Waals surface area contributed by atoms with Crippen LogP contribution >= 0.6 is 0 Å². The number of amides is 1. The Labute approximate surface area is 157 Å². The van der Waals surface area contributed by atoms with E-state index in [4.69, 9.17) is 9.47 Å². The molecule has 0 aliphatic heterocycles. The lowest BCUT2D eigenvalue weighted by molar-refractivity contribution is -0.136. The highest BCUT2D eigenvalue weighted by Crippen LogP contribution is 2.17. The Morgan fingerprint density at radius 1 is 0.852 bits per heavy atom. The van der Waals surface area contributed by atoms with Crippen LogP contribution < -0.4 is 14.8 Å². The maximum Gasteiger partial charge on any atom is 0.349 e. The molecular formula is C22H19NO4. The summed E-state index contributed by atoms with van der Waals surface area (Å²) in [6, 6.07) is 22.9. The van der Waals surface area contributed by atoms with Gasteiger partial charge in [-0.2, -0.15) is 0 Å². The molecular weight excluding hydrogens is 342 g/mol. The van der Waals surface area contributed by atoms with Crippen molar-refractivity contribution in [3.63, 3.8) is 0 Å². The van der Waals surface area contributed by atoms with Gasteiger partial charge in [0.05, 0.1) is 0 Å². The molecule has 0 saturated heterocycles. The number of carbonyl (C=O) groups excluding carboxylic acids is 2. The molecule has 0 aliphatic rings. The molecule has 0 unspecified atom stereocenters. The second-order valence-corrected chi connectivity index (χ2v) is 5.92.